The maximum absolute atomic E-state index is 12.1. The second kappa shape index (κ2) is 12.7. The molecule has 2 aliphatic rings. The molecule has 0 aliphatic carbocycles. The van der Waals surface area contributed by atoms with Crippen LogP contribution in [0, 0.1) is 0 Å². The number of rotatable bonds is 11. The van der Waals surface area contributed by atoms with Crippen molar-refractivity contribution < 1.29 is 9.53 Å². The molecule has 178 valence electrons. The monoisotopic (exact) mass is 443 g/mol. The van der Waals surface area contributed by atoms with Crippen molar-refractivity contribution in [3.63, 3.8) is 0 Å². The highest BCUT2D eigenvalue weighted by Gasteiger charge is 2.26. The van der Waals surface area contributed by atoms with Crippen molar-refractivity contribution in [3.05, 3.63) is 29.8 Å². The molecule has 1 aromatic rings. The standard InChI is InChI=1S/C25H41N5O2/c1-4-21(30-18-8-9-24(30)31)14-15-27-25(26-5-2)28-19-23(29-16-6-7-17-29)20-10-12-22(32-3)13-11-20/h10-13,21,23H,4-9,14-19H2,1-3H3,(H2,26,27,28). The number of carbonyl (C=O) groups is 1. The molecule has 2 fully saturated rings. The van der Waals surface area contributed by atoms with Gasteiger partial charge < -0.3 is 20.3 Å². The van der Waals surface area contributed by atoms with Crippen molar-refractivity contribution in [1.82, 2.24) is 20.4 Å². The Morgan fingerprint density at radius 3 is 2.44 bits per heavy atom. The Morgan fingerprint density at radius 1 is 1.09 bits per heavy atom. The summed E-state index contributed by atoms with van der Waals surface area (Å²) in [5.41, 5.74) is 1.28. The quantitative estimate of drug-likeness (QED) is 0.406. The van der Waals surface area contributed by atoms with Crippen LogP contribution in [-0.2, 0) is 4.79 Å². The maximum Gasteiger partial charge on any atom is 0.222 e. The van der Waals surface area contributed by atoms with Gasteiger partial charge in [0.15, 0.2) is 5.96 Å². The minimum atomic E-state index is 0.268. The third kappa shape index (κ3) is 6.61. The average molecular weight is 444 g/mol. The molecule has 2 heterocycles. The zero-order valence-corrected chi connectivity index (χ0v) is 20.1. The molecular formula is C25H41N5O2. The Morgan fingerprint density at radius 2 is 1.84 bits per heavy atom. The normalized spacial score (nSPS) is 19.3. The highest BCUT2D eigenvalue weighted by atomic mass is 16.5. The van der Waals surface area contributed by atoms with Crippen LogP contribution >= 0.6 is 0 Å². The Bertz CT molecular complexity index is 730. The Balaban J connectivity index is 1.61. The molecule has 2 unspecified atom stereocenters. The van der Waals surface area contributed by atoms with Gasteiger partial charge in [0.05, 0.1) is 19.7 Å². The van der Waals surface area contributed by atoms with Gasteiger partial charge in [0.25, 0.3) is 0 Å². The van der Waals surface area contributed by atoms with E-state index in [9.17, 15) is 4.79 Å². The summed E-state index contributed by atoms with van der Waals surface area (Å²) in [6.45, 7) is 9.77. The smallest absolute Gasteiger partial charge is 0.222 e. The molecule has 0 spiro atoms. The van der Waals surface area contributed by atoms with E-state index in [2.05, 4.69) is 46.4 Å². The fraction of sp³-hybridized carbons (Fsp3) is 0.680. The Hall–Kier alpha value is -2.28. The number of ether oxygens (including phenoxy) is 1. The van der Waals surface area contributed by atoms with Crippen LogP contribution in [-0.4, -0.2) is 74.1 Å². The molecule has 0 saturated carbocycles. The second-order valence-corrected chi connectivity index (χ2v) is 8.72. The van der Waals surface area contributed by atoms with Gasteiger partial charge in [0, 0.05) is 32.1 Å². The van der Waals surface area contributed by atoms with Crippen molar-refractivity contribution >= 4 is 11.9 Å². The van der Waals surface area contributed by atoms with E-state index in [4.69, 9.17) is 9.73 Å². The van der Waals surface area contributed by atoms with Crippen LogP contribution in [0.3, 0.4) is 0 Å². The maximum atomic E-state index is 12.1. The summed E-state index contributed by atoms with van der Waals surface area (Å²) in [5.74, 6) is 2.05. The van der Waals surface area contributed by atoms with Gasteiger partial charge in [0.1, 0.15) is 5.75 Å². The van der Waals surface area contributed by atoms with Crippen LogP contribution in [0.4, 0.5) is 0 Å². The number of carbonyl (C=O) groups excluding carboxylic acids is 1. The van der Waals surface area contributed by atoms with E-state index in [1.54, 1.807) is 7.11 Å². The highest BCUT2D eigenvalue weighted by Crippen LogP contribution is 2.27. The first-order valence-corrected chi connectivity index (χ1v) is 12.4. The number of benzene rings is 1. The van der Waals surface area contributed by atoms with E-state index in [1.807, 2.05) is 12.1 Å². The van der Waals surface area contributed by atoms with E-state index in [0.717, 1.165) is 63.7 Å². The molecule has 2 saturated heterocycles. The number of hydrogen-bond donors (Lipinski definition) is 2. The van der Waals surface area contributed by atoms with Crippen molar-refractivity contribution in [3.8, 4) is 5.75 Å². The van der Waals surface area contributed by atoms with Gasteiger partial charge in [-0.05, 0) is 69.8 Å². The first kappa shape index (κ1) is 24.4. The molecule has 2 aliphatic heterocycles. The lowest BCUT2D eigenvalue weighted by Gasteiger charge is -2.28. The van der Waals surface area contributed by atoms with Crippen molar-refractivity contribution in [2.45, 2.75) is 64.5 Å². The molecule has 1 aromatic carbocycles. The van der Waals surface area contributed by atoms with E-state index >= 15 is 0 Å². The number of methoxy groups -OCH3 is 1. The first-order valence-electron chi connectivity index (χ1n) is 12.4. The van der Waals surface area contributed by atoms with E-state index in [1.165, 1.54) is 18.4 Å². The summed E-state index contributed by atoms with van der Waals surface area (Å²) in [6.07, 6.45) is 6.15. The summed E-state index contributed by atoms with van der Waals surface area (Å²) in [7, 11) is 1.70. The van der Waals surface area contributed by atoms with E-state index in [0.29, 0.717) is 24.9 Å². The molecule has 2 N–H and O–H groups in total. The average Bonchev–Trinajstić information content (AvgIpc) is 3.49. The molecule has 0 bridgehead atoms. The fourth-order valence-electron chi connectivity index (χ4n) is 4.82. The topological polar surface area (TPSA) is 69.2 Å². The number of aliphatic imine (C=N–C) groups is 1. The zero-order valence-electron chi connectivity index (χ0n) is 20.1. The number of amides is 1. The lowest BCUT2D eigenvalue weighted by atomic mass is 10.1. The van der Waals surface area contributed by atoms with Crippen molar-refractivity contribution in [2.24, 2.45) is 4.99 Å². The SMILES string of the molecule is CCNC(=NCC(c1ccc(OC)cc1)N1CCCC1)NCCC(CC)N1CCCC1=O. The van der Waals surface area contributed by atoms with Gasteiger partial charge >= 0.3 is 0 Å². The minimum Gasteiger partial charge on any atom is -0.497 e. The summed E-state index contributed by atoms with van der Waals surface area (Å²) in [5, 5.41) is 6.89. The largest absolute Gasteiger partial charge is 0.497 e. The van der Waals surface area contributed by atoms with Gasteiger partial charge in [-0.2, -0.15) is 0 Å². The predicted molar refractivity (Wildman–Crippen MR) is 130 cm³/mol. The molecule has 3 rings (SSSR count). The first-order chi connectivity index (χ1) is 15.7. The van der Waals surface area contributed by atoms with Crippen LogP contribution in [0.25, 0.3) is 0 Å². The van der Waals surface area contributed by atoms with Crippen molar-refractivity contribution in [2.75, 3.05) is 46.4 Å². The third-order valence-corrected chi connectivity index (χ3v) is 6.64. The molecule has 32 heavy (non-hydrogen) atoms. The lowest BCUT2D eigenvalue weighted by Crippen LogP contribution is -2.42. The zero-order chi connectivity index (χ0) is 22.8. The van der Waals surface area contributed by atoms with Crippen LogP contribution in [0.2, 0.25) is 0 Å². The molecule has 1 amide bonds. The summed E-state index contributed by atoms with van der Waals surface area (Å²) in [4.78, 5) is 21.7. The molecule has 0 radical (unpaired) electrons. The number of nitrogens with zero attached hydrogens (tertiary/aromatic N) is 3. The van der Waals surface area contributed by atoms with Gasteiger partial charge in [0.2, 0.25) is 5.91 Å². The molecule has 7 nitrogen and oxygen atoms in total. The third-order valence-electron chi connectivity index (χ3n) is 6.64. The van der Waals surface area contributed by atoms with E-state index in [-0.39, 0.29) is 6.04 Å². The lowest BCUT2D eigenvalue weighted by molar-refractivity contribution is -0.129. The highest BCUT2D eigenvalue weighted by molar-refractivity contribution is 5.80. The predicted octanol–water partition coefficient (Wildman–Crippen LogP) is 3.18. The fourth-order valence-corrected chi connectivity index (χ4v) is 4.82. The molecule has 7 heteroatoms. The number of guanidine groups is 1. The van der Waals surface area contributed by atoms with Gasteiger partial charge in [-0.25, -0.2) is 0 Å². The molecule has 0 aromatic heterocycles. The number of nitrogens with one attached hydrogen (secondary N) is 2. The van der Waals surface area contributed by atoms with Gasteiger partial charge in [-0.15, -0.1) is 0 Å². The second-order valence-electron chi connectivity index (χ2n) is 8.72. The van der Waals surface area contributed by atoms with Crippen LogP contribution < -0.4 is 15.4 Å². The molecule has 2 atom stereocenters. The molecular weight excluding hydrogens is 402 g/mol. The van der Waals surface area contributed by atoms with Crippen LogP contribution in [0.5, 0.6) is 5.75 Å². The summed E-state index contributed by atoms with van der Waals surface area (Å²) >= 11 is 0. The number of hydrogen-bond acceptors (Lipinski definition) is 4. The summed E-state index contributed by atoms with van der Waals surface area (Å²) < 4.78 is 5.34. The van der Waals surface area contributed by atoms with Crippen LogP contribution in [0.15, 0.2) is 29.3 Å². The van der Waals surface area contributed by atoms with Crippen LogP contribution in [0.1, 0.15) is 64.0 Å². The minimum absolute atomic E-state index is 0.268. The van der Waals surface area contributed by atoms with Gasteiger partial charge in [-0.3, -0.25) is 14.7 Å². The number of likely N-dealkylation sites (tertiary alicyclic amines) is 2. The Labute approximate surface area is 193 Å². The van der Waals surface area contributed by atoms with E-state index < -0.39 is 0 Å². The van der Waals surface area contributed by atoms with Gasteiger partial charge in [-0.1, -0.05) is 19.1 Å². The Kier molecular flexibility index (Phi) is 9.65. The summed E-state index contributed by atoms with van der Waals surface area (Å²) in [6, 6.07) is 8.99. The van der Waals surface area contributed by atoms with Crippen molar-refractivity contribution in [1.29, 1.82) is 0 Å².